The molecule has 41 heavy (non-hydrogen) atoms. The highest BCUT2D eigenvalue weighted by atomic mass is 35.5. The van der Waals surface area contributed by atoms with E-state index in [1.807, 2.05) is 44.2 Å². The molecule has 212 valence electrons. The van der Waals surface area contributed by atoms with E-state index in [2.05, 4.69) is 5.10 Å². The SMILES string of the molecule is CCC(C)c1c(-n2nc(COCc3ccccc3)n(CC)c2=O)n(-c2c(F)cccc2Cl)c(=O)c2cc(F)ccc12. The summed E-state index contributed by atoms with van der Waals surface area (Å²) in [6.07, 6.45) is 0.610. The van der Waals surface area contributed by atoms with Crippen LogP contribution in [0.25, 0.3) is 22.3 Å². The Balaban J connectivity index is 1.82. The minimum absolute atomic E-state index is 0.0210. The van der Waals surface area contributed by atoms with Crippen LogP contribution < -0.4 is 11.2 Å². The van der Waals surface area contributed by atoms with E-state index in [9.17, 15) is 14.0 Å². The molecule has 0 aliphatic carbocycles. The van der Waals surface area contributed by atoms with Gasteiger partial charge in [-0.1, -0.05) is 67.9 Å². The molecule has 3 aromatic carbocycles. The summed E-state index contributed by atoms with van der Waals surface area (Å²) in [7, 11) is 0. The molecule has 5 aromatic rings. The van der Waals surface area contributed by atoms with Crippen molar-refractivity contribution in [2.24, 2.45) is 0 Å². The van der Waals surface area contributed by atoms with Gasteiger partial charge in [0, 0.05) is 12.1 Å². The van der Waals surface area contributed by atoms with E-state index < -0.39 is 22.9 Å². The van der Waals surface area contributed by atoms with Gasteiger partial charge in [-0.2, -0.15) is 4.68 Å². The molecule has 5 rings (SSSR count). The number of nitrogens with zero attached hydrogens (tertiary/aromatic N) is 4. The quantitative estimate of drug-likeness (QED) is 0.200. The van der Waals surface area contributed by atoms with Crippen molar-refractivity contribution in [1.29, 1.82) is 0 Å². The third kappa shape index (κ3) is 5.23. The number of ether oxygens (including phenoxy) is 1. The smallest absolute Gasteiger partial charge is 0.352 e. The molecular formula is C31H29ClF2N4O3. The summed E-state index contributed by atoms with van der Waals surface area (Å²) in [6, 6.07) is 17.5. The van der Waals surface area contributed by atoms with Gasteiger partial charge in [0.05, 0.1) is 17.0 Å². The number of hydrogen-bond donors (Lipinski definition) is 0. The van der Waals surface area contributed by atoms with Crippen LogP contribution in [0.1, 0.15) is 50.1 Å². The first-order chi connectivity index (χ1) is 19.8. The molecule has 0 spiro atoms. The number of para-hydroxylation sites is 1. The van der Waals surface area contributed by atoms with E-state index in [0.29, 0.717) is 29.8 Å². The van der Waals surface area contributed by atoms with Crippen LogP contribution in [-0.4, -0.2) is 18.9 Å². The summed E-state index contributed by atoms with van der Waals surface area (Å²) in [5.41, 5.74) is -0.00210. The van der Waals surface area contributed by atoms with Gasteiger partial charge in [-0.25, -0.2) is 13.6 Å². The zero-order valence-corrected chi connectivity index (χ0v) is 23.7. The van der Waals surface area contributed by atoms with Crippen molar-refractivity contribution >= 4 is 22.4 Å². The zero-order chi connectivity index (χ0) is 29.3. The van der Waals surface area contributed by atoms with Crippen LogP contribution in [0, 0.1) is 11.6 Å². The molecular weight excluding hydrogens is 550 g/mol. The molecule has 0 saturated heterocycles. The molecule has 0 aliphatic rings. The molecule has 1 atom stereocenters. The Kier molecular flexibility index (Phi) is 8.19. The minimum atomic E-state index is -0.777. The first kappa shape index (κ1) is 28.4. The fourth-order valence-corrected chi connectivity index (χ4v) is 5.28. The third-order valence-corrected chi connectivity index (χ3v) is 7.53. The van der Waals surface area contributed by atoms with Gasteiger partial charge >= 0.3 is 5.69 Å². The molecule has 0 amide bonds. The average Bonchev–Trinajstić information content (AvgIpc) is 3.28. The second-order valence-electron chi connectivity index (χ2n) is 9.78. The highest BCUT2D eigenvalue weighted by Crippen LogP contribution is 2.35. The van der Waals surface area contributed by atoms with Crippen LogP contribution in [0.15, 0.2) is 76.3 Å². The van der Waals surface area contributed by atoms with Crippen molar-refractivity contribution in [2.45, 2.75) is 52.9 Å². The van der Waals surface area contributed by atoms with Crippen molar-refractivity contribution in [2.75, 3.05) is 0 Å². The second-order valence-corrected chi connectivity index (χ2v) is 10.2. The van der Waals surface area contributed by atoms with Crippen LogP contribution in [0.2, 0.25) is 5.02 Å². The highest BCUT2D eigenvalue weighted by molar-refractivity contribution is 6.32. The number of pyridine rings is 1. The van der Waals surface area contributed by atoms with Crippen molar-refractivity contribution in [1.82, 2.24) is 18.9 Å². The summed E-state index contributed by atoms with van der Waals surface area (Å²) in [5.74, 6) is -1.24. The maximum Gasteiger partial charge on any atom is 0.352 e. The first-order valence-corrected chi connectivity index (χ1v) is 13.8. The molecule has 10 heteroatoms. The van der Waals surface area contributed by atoms with E-state index in [4.69, 9.17) is 16.3 Å². The largest absolute Gasteiger partial charge is 0.369 e. The number of benzene rings is 3. The van der Waals surface area contributed by atoms with Gasteiger partial charge in [0.1, 0.15) is 23.9 Å². The Morgan fingerprint density at radius 2 is 1.71 bits per heavy atom. The minimum Gasteiger partial charge on any atom is -0.369 e. The topological polar surface area (TPSA) is 71.0 Å². The van der Waals surface area contributed by atoms with Crippen LogP contribution in [-0.2, 0) is 24.5 Å². The van der Waals surface area contributed by atoms with Crippen LogP contribution >= 0.6 is 11.6 Å². The molecule has 2 aromatic heterocycles. The summed E-state index contributed by atoms with van der Waals surface area (Å²) in [4.78, 5) is 27.9. The van der Waals surface area contributed by atoms with Crippen molar-refractivity contribution < 1.29 is 13.5 Å². The lowest BCUT2D eigenvalue weighted by Gasteiger charge is -2.23. The molecule has 0 N–H and O–H groups in total. The van der Waals surface area contributed by atoms with E-state index in [0.717, 1.165) is 20.9 Å². The molecule has 0 aliphatic heterocycles. The van der Waals surface area contributed by atoms with Gasteiger partial charge in [0.25, 0.3) is 5.56 Å². The predicted octanol–water partition coefficient (Wildman–Crippen LogP) is 6.52. The standard InChI is InChI=1S/C31H29ClF2N4O3/c1-4-19(3)27-22-15-14-21(33)16-23(22)30(39)37(28-24(32)12-9-13-25(28)34)29(27)38-31(40)36(5-2)26(35-38)18-41-17-20-10-7-6-8-11-20/h6-16,19H,4-5,17-18H2,1-3H3. The molecule has 2 heterocycles. The summed E-state index contributed by atoms with van der Waals surface area (Å²) in [5, 5.41) is 5.05. The fourth-order valence-electron chi connectivity index (χ4n) is 5.03. The van der Waals surface area contributed by atoms with Crippen molar-refractivity contribution in [3.8, 4) is 11.5 Å². The Morgan fingerprint density at radius 1 is 0.951 bits per heavy atom. The summed E-state index contributed by atoms with van der Waals surface area (Å²) >= 11 is 6.47. The molecule has 0 bridgehead atoms. The number of rotatable bonds is 9. The molecule has 0 radical (unpaired) electrons. The molecule has 0 fully saturated rings. The van der Waals surface area contributed by atoms with Crippen molar-refractivity contribution in [3.05, 3.63) is 121 Å². The van der Waals surface area contributed by atoms with E-state index in [1.165, 1.54) is 34.9 Å². The lowest BCUT2D eigenvalue weighted by Crippen LogP contribution is -2.32. The van der Waals surface area contributed by atoms with Gasteiger partial charge in [0.15, 0.2) is 11.6 Å². The van der Waals surface area contributed by atoms with Gasteiger partial charge in [-0.15, -0.1) is 5.10 Å². The molecule has 1 unspecified atom stereocenters. The zero-order valence-electron chi connectivity index (χ0n) is 22.9. The molecule has 0 saturated carbocycles. The predicted molar refractivity (Wildman–Crippen MR) is 155 cm³/mol. The van der Waals surface area contributed by atoms with E-state index in [-0.39, 0.29) is 41.0 Å². The summed E-state index contributed by atoms with van der Waals surface area (Å²) in [6.45, 7) is 6.28. The number of aromatic nitrogens is 4. The van der Waals surface area contributed by atoms with E-state index >= 15 is 4.39 Å². The molecule has 7 nitrogen and oxygen atoms in total. The lowest BCUT2D eigenvalue weighted by molar-refractivity contribution is 0.0989. The van der Waals surface area contributed by atoms with Crippen molar-refractivity contribution in [3.63, 3.8) is 0 Å². The third-order valence-electron chi connectivity index (χ3n) is 7.22. The summed E-state index contributed by atoms with van der Waals surface area (Å²) < 4.78 is 39.3. The number of halogens is 3. The van der Waals surface area contributed by atoms with Gasteiger partial charge in [-0.3, -0.25) is 13.9 Å². The van der Waals surface area contributed by atoms with Gasteiger partial charge in [-0.05, 0) is 54.5 Å². The van der Waals surface area contributed by atoms with Crippen LogP contribution in [0.3, 0.4) is 0 Å². The average molecular weight is 579 g/mol. The Hall–Kier alpha value is -4.08. The second kappa shape index (κ2) is 11.8. The monoisotopic (exact) mass is 578 g/mol. The maximum absolute atomic E-state index is 15.4. The van der Waals surface area contributed by atoms with Crippen LogP contribution in [0.5, 0.6) is 0 Å². The number of hydrogen-bond acceptors (Lipinski definition) is 4. The highest BCUT2D eigenvalue weighted by Gasteiger charge is 2.28. The van der Waals surface area contributed by atoms with E-state index in [1.54, 1.807) is 6.92 Å². The van der Waals surface area contributed by atoms with Crippen LogP contribution in [0.4, 0.5) is 8.78 Å². The maximum atomic E-state index is 15.4. The fraction of sp³-hybridized carbons (Fsp3) is 0.258. The Bertz CT molecular complexity index is 1830. The lowest BCUT2D eigenvalue weighted by atomic mass is 9.93. The Labute approximate surface area is 240 Å². The number of fused-ring (bicyclic) bond motifs is 1. The van der Waals surface area contributed by atoms with Gasteiger partial charge < -0.3 is 4.74 Å². The normalized spacial score (nSPS) is 12.2. The Morgan fingerprint density at radius 3 is 2.39 bits per heavy atom. The van der Waals surface area contributed by atoms with Gasteiger partial charge in [0.2, 0.25) is 0 Å². The first-order valence-electron chi connectivity index (χ1n) is 13.4.